The summed E-state index contributed by atoms with van der Waals surface area (Å²) in [6, 6.07) is 0. The van der Waals surface area contributed by atoms with E-state index in [1.807, 2.05) is 0 Å². The van der Waals surface area contributed by atoms with E-state index in [4.69, 9.17) is 5.11 Å². The molecule has 1 rings (SSSR count). The minimum absolute atomic E-state index is 0.436. The summed E-state index contributed by atoms with van der Waals surface area (Å²) in [7, 11) is 0. The summed E-state index contributed by atoms with van der Waals surface area (Å²) >= 11 is 0. The number of nitrogens with zero attached hydrogens (tertiary/aromatic N) is 1. The van der Waals surface area contributed by atoms with E-state index in [2.05, 4.69) is 9.68 Å². The minimum Gasteiger partial charge on any atom is -0.478 e. The third-order valence-corrected chi connectivity index (χ3v) is 1.07. The van der Waals surface area contributed by atoms with Crippen molar-refractivity contribution in [2.45, 2.75) is 6.18 Å². The van der Waals surface area contributed by atoms with Gasteiger partial charge in [-0.1, -0.05) is 5.16 Å². The number of alkyl halides is 3. The lowest BCUT2D eigenvalue weighted by Crippen LogP contribution is -2.11. The van der Waals surface area contributed by atoms with Crippen LogP contribution in [-0.2, 0) is 6.18 Å². The topological polar surface area (TPSA) is 63.3 Å². The maximum Gasteiger partial charge on any atom is 0.437 e. The second-order valence-corrected chi connectivity index (χ2v) is 1.88. The Balaban J connectivity index is 3.17. The number of carboxylic acid groups (broad SMARTS) is 1. The number of rotatable bonds is 1. The molecule has 0 spiro atoms. The molecule has 0 aromatic carbocycles. The number of hydrogen-bond donors (Lipinski definition) is 1. The van der Waals surface area contributed by atoms with Crippen molar-refractivity contribution in [2.75, 3.05) is 0 Å². The molecule has 4 nitrogen and oxygen atoms in total. The summed E-state index contributed by atoms with van der Waals surface area (Å²) in [5, 5.41) is 10.7. The Bertz CT molecular complexity index is 303. The average molecular weight is 181 g/mol. The van der Waals surface area contributed by atoms with Gasteiger partial charge in [0.2, 0.25) is 5.69 Å². The van der Waals surface area contributed by atoms with E-state index in [1.165, 1.54) is 0 Å². The summed E-state index contributed by atoms with van der Waals surface area (Å²) in [4.78, 5) is 10.1. The van der Waals surface area contributed by atoms with E-state index < -0.39 is 23.4 Å². The molecule has 0 amide bonds. The first-order valence-corrected chi connectivity index (χ1v) is 2.68. The summed E-state index contributed by atoms with van der Waals surface area (Å²) < 4.78 is 39.5. The first-order valence-electron chi connectivity index (χ1n) is 2.68. The van der Waals surface area contributed by atoms with Crippen molar-refractivity contribution >= 4 is 5.97 Å². The maximum absolute atomic E-state index is 11.9. The molecule has 1 aromatic rings. The van der Waals surface area contributed by atoms with Crippen LogP contribution in [0, 0.1) is 0 Å². The molecule has 0 atom stereocenters. The van der Waals surface area contributed by atoms with E-state index in [9.17, 15) is 18.0 Å². The highest BCUT2D eigenvalue weighted by Crippen LogP contribution is 2.30. The van der Waals surface area contributed by atoms with Crippen LogP contribution >= 0.6 is 0 Å². The number of halogens is 3. The van der Waals surface area contributed by atoms with Gasteiger partial charge in [-0.2, -0.15) is 13.2 Å². The lowest BCUT2D eigenvalue weighted by atomic mass is 10.2. The predicted molar refractivity (Wildman–Crippen MR) is 28.5 cm³/mol. The Labute approximate surface area is 63.6 Å². The molecule has 7 heteroatoms. The van der Waals surface area contributed by atoms with Crippen molar-refractivity contribution in [1.29, 1.82) is 0 Å². The van der Waals surface area contributed by atoms with Crippen molar-refractivity contribution < 1.29 is 27.6 Å². The molecular weight excluding hydrogens is 179 g/mol. The number of aromatic carboxylic acids is 1. The minimum atomic E-state index is -4.79. The van der Waals surface area contributed by atoms with E-state index in [0.29, 0.717) is 6.26 Å². The largest absolute Gasteiger partial charge is 0.478 e. The van der Waals surface area contributed by atoms with Gasteiger partial charge in [-0.25, -0.2) is 4.79 Å². The molecule has 0 bridgehead atoms. The van der Waals surface area contributed by atoms with Crippen LogP contribution in [0.1, 0.15) is 16.1 Å². The van der Waals surface area contributed by atoms with Gasteiger partial charge < -0.3 is 9.63 Å². The van der Waals surface area contributed by atoms with Crippen LogP contribution in [0.5, 0.6) is 0 Å². The molecule has 12 heavy (non-hydrogen) atoms. The number of carboxylic acids is 1. The van der Waals surface area contributed by atoms with Crippen LogP contribution in [0.3, 0.4) is 0 Å². The van der Waals surface area contributed by atoms with Gasteiger partial charge in [0.15, 0.2) is 0 Å². The van der Waals surface area contributed by atoms with E-state index in [0.717, 1.165) is 0 Å². The lowest BCUT2D eigenvalue weighted by molar-refractivity contribution is -0.143. The van der Waals surface area contributed by atoms with Gasteiger partial charge in [-0.3, -0.25) is 0 Å². The molecule has 0 unspecified atom stereocenters. The Morgan fingerprint density at radius 1 is 1.58 bits per heavy atom. The molecule has 66 valence electrons. The third kappa shape index (κ3) is 1.39. The SMILES string of the molecule is O=C(O)c1conc1C(F)(F)F. The zero-order valence-corrected chi connectivity index (χ0v) is 5.42. The first-order chi connectivity index (χ1) is 5.43. The summed E-state index contributed by atoms with van der Waals surface area (Å²) in [6.07, 6.45) is -4.36. The standard InChI is InChI=1S/C5H2F3NO3/c6-5(7,8)3-2(4(10)11)1-12-9-3/h1H,(H,10,11). The molecule has 0 radical (unpaired) electrons. The van der Waals surface area contributed by atoms with Crippen LogP contribution in [0.25, 0.3) is 0 Å². The maximum atomic E-state index is 11.9. The van der Waals surface area contributed by atoms with E-state index in [-0.39, 0.29) is 0 Å². The number of hydrogen-bond acceptors (Lipinski definition) is 3. The predicted octanol–water partition coefficient (Wildman–Crippen LogP) is 1.39. The average Bonchev–Trinajstić information content (AvgIpc) is 2.30. The molecule has 0 aliphatic carbocycles. The zero-order valence-electron chi connectivity index (χ0n) is 5.42. The lowest BCUT2D eigenvalue weighted by Gasteiger charge is -2.00. The van der Waals surface area contributed by atoms with E-state index >= 15 is 0 Å². The monoisotopic (exact) mass is 181 g/mol. The molecule has 0 saturated heterocycles. The van der Waals surface area contributed by atoms with Gasteiger partial charge in [0.05, 0.1) is 0 Å². The molecule has 0 saturated carbocycles. The van der Waals surface area contributed by atoms with Gasteiger partial charge in [0.25, 0.3) is 0 Å². The molecule has 1 N–H and O–H groups in total. The Hall–Kier alpha value is -1.53. The second kappa shape index (κ2) is 2.50. The second-order valence-electron chi connectivity index (χ2n) is 1.88. The molecule has 1 heterocycles. The van der Waals surface area contributed by atoms with Crippen molar-refractivity contribution in [3.8, 4) is 0 Å². The van der Waals surface area contributed by atoms with Crippen molar-refractivity contribution in [3.05, 3.63) is 17.5 Å². The molecule has 1 aromatic heterocycles. The fourth-order valence-corrected chi connectivity index (χ4v) is 0.593. The van der Waals surface area contributed by atoms with Crippen LogP contribution in [-0.4, -0.2) is 16.2 Å². The van der Waals surface area contributed by atoms with Crippen LogP contribution in [0.15, 0.2) is 10.8 Å². The fourth-order valence-electron chi connectivity index (χ4n) is 0.593. The Kier molecular flexibility index (Phi) is 1.79. The molecule has 0 fully saturated rings. The first kappa shape index (κ1) is 8.57. The van der Waals surface area contributed by atoms with Crippen LogP contribution < -0.4 is 0 Å². The van der Waals surface area contributed by atoms with Gasteiger partial charge >= 0.3 is 12.1 Å². The smallest absolute Gasteiger partial charge is 0.437 e. The summed E-state index contributed by atoms with van der Waals surface area (Å²) in [5.41, 5.74) is -2.50. The van der Waals surface area contributed by atoms with Gasteiger partial charge in [0, 0.05) is 0 Å². The van der Waals surface area contributed by atoms with Gasteiger partial charge in [-0.15, -0.1) is 0 Å². The summed E-state index contributed by atoms with van der Waals surface area (Å²) in [6.45, 7) is 0. The Morgan fingerprint density at radius 2 is 2.17 bits per heavy atom. The third-order valence-electron chi connectivity index (χ3n) is 1.07. The highest BCUT2D eigenvalue weighted by molar-refractivity contribution is 5.88. The number of carbonyl (C=O) groups is 1. The van der Waals surface area contributed by atoms with Crippen LogP contribution in [0.4, 0.5) is 13.2 Å². The van der Waals surface area contributed by atoms with Gasteiger partial charge in [0.1, 0.15) is 11.8 Å². The highest BCUT2D eigenvalue weighted by atomic mass is 19.4. The van der Waals surface area contributed by atoms with Crippen molar-refractivity contribution in [3.63, 3.8) is 0 Å². The van der Waals surface area contributed by atoms with Crippen molar-refractivity contribution in [2.24, 2.45) is 0 Å². The van der Waals surface area contributed by atoms with Gasteiger partial charge in [-0.05, 0) is 0 Å². The molecular formula is C5H2F3NO3. The Morgan fingerprint density at radius 3 is 2.50 bits per heavy atom. The zero-order chi connectivity index (χ0) is 9.35. The van der Waals surface area contributed by atoms with Crippen molar-refractivity contribution in [1.82, 2.24) is 5.16 Å². The molecule has 0 aliphatic heterocycles. The van der Waals surface area contributed by atoms with E-state index in [1.54, 1.807) is 0 Å². The summed E-state index contributed by atoms with van der Waals surface area (Å²) in [5.74, 6) is -1.72. The van der Waals surface area contributed by atoms with Crippen LogP contribution in [0.2, 0.25) is 0 Å². The normalized spacial score (nSPS) is 11.6. The fraction of sp³-hybridized carbons (Fsp3) is 0.200. The quantitative estimate of drug-likeness (QED) is 0.710. The number of aromatic nitrogens is 1. The highest BCUT2D eigenvalue weighted by Gasteiger charge is 2.39. The molecule has 0 aliphatic rings.